The smallest absolute Gasteiger partial charge is 0.341 e. The molecule has 3 unspecified atom stereocenters. The van der Waals surface area contributed by atoms with E-state index in [1.54, 1.807) is 44.6 Å². The summed E-state index contributed by atoms with van der Waals surface area (Å²) in [5.74, 6) is -0.104. The summed E-state index contributed by atoms with van der Waals surface area (Å²) in [5, 5.41) is 0.836. The van der Waals surface area contributed by atoms with Crippen LogP contribution in [0.15, 0.2) is 83.9 Å². The number of sulfonamides is 1. The second kappa shape index (κ2) is 13.2. The Morgan fingerprint density at radius 1 is 1.00 bits per heavy atom. The van der Waals surface area contributed by atoms with Crippen molar-refractivity contribution in [3.8, 4) is 11.5 Å². The number of H-pyrrole nitrogens is 1. The number of benzene rings is 3. The van der Waals surface area contributed by atoms with Crippen LogP contribution >= 0.6 is 0 Å². The number of fused-ring (bicyclic) bond motifs is 1. The van der Waals surface area contributed by atoms with E-state index in [1.165, 1.54) is 23.1 Å². The molecule has 246 valence electrons. The average Bonchev–Trinajstić information content (AvgIpc) is 3.59. The topological polar surface area (TPSA) is 146 Å². The molecule has 2 aliphatic rings. The zero-order valence-corrected chi connectivity index (χ0v) is 27.3. The summed E-state index contributed by atoms with van der Waals surface area (Å²) in [4.78, 5) is 46.8. The third kappa shape index (κ3) is 6.35. The first-order valence-corrected chi connectivity index (χ1v) is 17.3. The lowest BCUT2D eigenvalue weighted by Crippen LogP contribution is -2.42. The van der Waals surface area contributed by atoms with Gasteiger partial charge in [-0.1, -0.05) is 42.8 Å². The number of urea groups is 1. The van der Waals surface area contributed by atoms with E-state index in [9.17, 15) is 22.8 Å². The number of nitrogens with two attached hydrogens (primary N) is 1. The lowest BCUT2D eigenvalue weighted by molar-refractivity contribution is -0.128. The van der Waals surface area contributed by atoms with Crippen LogP contribution in [0.4, 0.5) is 4.79 Å². The molecule has 0 radical (unpaired) electrons. The Kier molecular flexibility index (Phi) is 9.07. The summed E-state index contributed by atoms with van der Waals surface area (Å²) in [7, 11) is -1.52. The van der Waals surface area contributed by atoms with E-state index in [0.29, 0.717) is 28.1 Å². The number of imide groups is 1. The number of hydrogen-bond donors (Lipinski definition) is 2. The second-order valence-electron chi connectivity index (χ2n) is 12.5. The summed E-state index contributed by atoms with van der Waals surface area (Å²) in [5.41, 5.74) is 7.49. The van der Waals surface area contributed by atoms with Gasteiger partial charge in [0.15, 0.2) is 0 Å². The van der Waals surface area contributed by atoms with Crippen molar-refractivity contribution in [3.63, 3.8) is 0 Å². The van der Waals surface area contributed by atoms with Gasteiger partial charge in [-0.15, -0.1) is 0 Å². The molecule has 3 aromatic carbocycles. The first-order valence-electron chi connectivity index (χ1n) is 15.8. The SMILES string of the molecule is CN(C)C(=O)c1cc(S(=O)(=O)N2C(=O)N(CC3CCCC(CN)C3)C(=O)C2Cc2c[nH]c3ccccc23)ccc1Oc1ccccc1. The number of carbonyl (C=O) groups excluding carboxylic acids is 3. The normalized spacial score (nSPS) is 20.2. The van der Waals surface area contributed by atoms with Gasteiger partial charge in [0, 0.05) is 44.2 Å². The summed E-state index contributed by atoms with van der Waals surface area (Å²) in [6, 6.07) is 18.0. The molecule has 2 fully saturated rings. The zero-order chi connectivity index (χ0) is 33.3. The van der Waals surface area contributed by atoms with Crippen molar-refractivity contribution < 1.29 is 27.5 Å². The van der Waals surface area contributed by atoms with E-state index in [1.807, 2.05) is 30.3 Å². The number of aromatic nitrogens is 1. The van der Waals surface area contributed by atoms with Gasteiger partial charge in [-0.05, 0) is 79.6 Å². The first-order chi connectivity index (χ1) is 22.6. The van der Waals surface area contributed by atoms with Gasteiger partial charge in [-0.2, -0.15) is 0 Å². The van der Waals surface area contributed by atoms with Crippen molar-refractivity contribution in [1.29, 1.82) is 0 Å². The fraction of sp³-hybridized carbons (Fsp3) is 0.343. The van der Waals surface area contributed by atoms with Gasteiger partial charge in [0.2, 0.25) is 0 Å². The van der Waals surface area contributed by atoms with Gasteiger partial charge in [0.05, 0.1) is 10.5 Å². The van der Waals surface area contributed by atoms with E-state index in [4.69, 9.17) is 10.5 Å². The van der Waals surface area contributed by atoms with Gasteiger partial charge in [0.25, 0.3) is 21.8 Å². The number of carbonyl (C=O) groups is 3. The third-order valence-electron chi connectivity index (χ3n) is 9.12. The Morgan fingerprint density at radius 2 is 1.72 bits per heavy atom. The van der Waals surface area contributed by atoms with Crippen LogP contribution in [-0.4, -0.2) is 78.6 Å². The van der Waals surface area contributed by atoms with Crippen LogP contribution in [0.3, 0.4) is 0 Å². The molecule has 1 aliphatic heterocycles. The average molecular weight is 658 g/mol. The number of rotatable bonds is 10. The Labute approximate surface area is 274 Å². The predicted molar refractivity (Wildman–Crippen MR) is 177 cm³/mol. The van der Waals surface area contributed by atoms with E-state index >= 15 is 0 Å². The van der Waals surface area contributed by atoms with E-state index < -0.39 is 33.9 Å². The molecular weight excluding hydrogens is 618 g/mol. The highest BCUT2D eigenvalue weighted by atomic mass is 32.2. The van der Waals surface area contributed by atoms with Crippen LogP contribution in [0.5, 0.6) is 11.5 Å². The molecule has 0 spiro atoms. The van der Waals surface area contributed by atoms with Crippen LogP contribution in [-0.2, 0) is 21.2 Å². The van der Waals surface area contributed by atoms with Crippen molar-refractivity contribution in [2.75, 3.05) is 27.2 Å². The van der Waals surface area contributed by atoms with E-state index in [0.717, 1.165) is 41.5 Å². The number of nitrogens with one attached hydrogen (secondary N) is 1. The molecule has 12 heteroatoms. The van der Waals surface area contributed by atoms with Crippen LogP contribution in [0.25, 0.3) is 10.9 Å². The number of hydrogen-bond acceptors (Lipinski definition) is 7. The van der Waals surface area contributed by atoms with Crippen LogP contribution < -0.4 is 10.5 Å². The lowest BCUT2D eigenvalue weighted by atomic mass is 9.81. The van der Waals surface area contributed by atoms with Gasteiger partial charge in [-0.25, -0.2) is 17.5 Å². The molecule has 1 saturated heterocycles. The molecule has 11 nitrogen and oxygen atoms in total. The molecule has 4 amide bonds. The predicted octanol–water partition coefficient (Wildman–Crippen LogP) is 4.99. The Balaban J connectivity index is 1.39. The summed E-state index contributed by atoms with van der Waals surface area (Å²) in [6.45, 7) is 0.652. The van der Waals surface area contributed by atoms with Crippen molar-refractivity contribution in [3.05, 3.63) is 90.1 Å². The quantitative estimate of drug-likeness (QED) is 0.229. The highest BCUT2D eigenvalue weighted by Gasteiger charge is 2.52. The molecule has 3 N–H and O–H groups in total. The molecule has 4 aromatic rings. The standard InChI is InChI=1S/C35H39N5O6S/c1-38(2)33(41)29-19-27(15-16-32(29)46-26-11-4-3-5-12-26)47(44,45)40-31(18-25-21-37-30-14-7-6-13-28(25)30)34(42)39(35(40)43)22-24-10-8-9-23(17-24)20-36/h3-7,11-16,19,21,23-24,31,37H,8-10,17-18,20,22,36H2,1-2H3. The number of ether oxygens (including phenoxy) is 1. The van der Waals surface area contributed by atoms with Crippen LogP contribution in [0.1, 0.15) is 41.6 Å². The molecule has 3 atom stereocenters. The Bertz CT molecular complexity index is 1910. The van der Waals surface area contributed by atoms with Crippen LogP contribution in [0, 0.1) is 11.8 Å². The van der Waals surface area contributed by atoms with Gasteiger partial charge >= 0.3 is 6.03 Å². The van der Waals surface area contributed by atoms with E-state index in [2.05, 4.69) is 4.98 Å². The van der Waals surface area contributed by atoms with Crippen molar-refractivity contribution in [2.45, 2.75) is 43.0 Å². The van der Waals surface area contributed by atoms with Gasteiger partial charge < -0.3 is 20.4 Å². The molecule has 1 aromatic heterocycles. The number of amides is 4. The molecule has 0 bridgehead atoms. The Hall–Kier alpha value is -4.68. The molecule has 2 heterocycles. The van der Waals surface area contributed by atoms with Crippen molar-refractivity contribution in [1.82, 2.24) is 19.1 Å². The fourth-order valence-corrected chi connectivity index (χ4v) is 8.22. The summed E-state index contributed by atoms with van der Waals surface area (Å²) in [6.07, 6.45) is 5.25. The maximum atomic E-state index is 14.5. The second-order valence-corrected chi connectivity index (χ2v) is 14.3. The summed E-state index contributed by atoms with van der Waals surface area (Å²) >= 11 is 0. The molecule has 1 saturated carbocycles. The largest absolute Gasteiger partial charge is 0.457 e. The number of nitrogens with zero attached hydrogens (tertiary/aromatic N) is 3. The summed E-state index contributed by atoms with van der Waals surface area (Å²) < 4.78 is 35.6. The lowest BCUT2D eigenvalue weighted by Gasteiger charge is -2.30. The molecule has 47 heavy (non-hydrogen) atoms. The number of para-hydroxylation sites is 2. The maximum absolute atomic E-state index is 14.5. The maximum Gasteiger partial charge on any atom is 0.341 e. The first kappa shape index (κ1) is 32.3. The Morgan fingerprint density at radius 3 is 2.47 bits per heavy atom. The van der Waals surface area contributed by atoms with Crippen molar-refractivity contribution in [2.24, 2.45) is 17.6 Å². The van der Waals surface area contributed by atoms with Crippen LogP contribution in [0.2, 0.25) is 0 Å². The molecular formula is C35H39N5O6S. The minimum Gasteiger partial charge on any atom is -0.457 e. The number of aromatic amines is 1. The monoisotopic (exact) mass is 657 g/mol. The fourth-order valence-electron chi connectivity index (χ4n) is 6.68. The van der Waals surface area contributed by atoms with Crippen molar-refractivity contribution >= 4 is 38.8 Å². The zero-order valence-electron chi connectivity index (χ0n) is 26.5. The van der Waals surface area contributed by atoms with E-state index in [-0.39, 0.29) is 35.1 Å². The molecule has 1 aliphatic carbocycles. The minimum absolute atomic E-state index is 0.00188. The molecule has 6 rings (SSSR count). The minimum atomic E-state index is -4.62. The van der Waals surface area contributed by atoms with Gasteiger partial charge in [0.1, 0.15) is 17.5 Å². The highest BCUT2D eigenvalue weighted by molar-refractivity contribution is 7.89. The highest BCUT2D eigenvalue weighted by Crippen LogP contribution is 2.36. The van der Waals surface area contributed by atoms with Gasteiger partial charge in [-0.3, -0.25) is 14.5 Å². The third-order valence-corrected chi connectivity index (χ3v) is 10.9.